The Labute approximate surface area is 121 Å². The lowest BCUT2D eigenvalue weighted by Gasteiger charge is -2.26. The molecule has 108 valence electrons. The predicted octanol–water partition coefficient (Wildman–Crippen LogP) is 1.82. The summed E-state index contributed by atoms with van der Waals surface area (Å²) < 4.78 is 4.98. The summed E-state index contributed by atoms with van der Waals surface area (Å²) in [6, 6.07) is 9.42. The molecule has 0 radical (unpaired) electrons. The minimum Gasteiger partial charge on any atom is -0.385 e. The number of amides is 1. The predicted molar refractivity (Wildman–Crippen MR) is 79.3 cm³/mol. The van der Waals surface area contributed by atoms with Crippen LogP contribution in [0.5, 0.6) is 0 Å². The minimum atomic E-state index is -1.01. The lowest BCUT2D eigenvalue weighted by atomic mass is 9.92. The number of nitrogens with one attached hydrogen (secondary N) is 1. The zero-order valence-corrected chi connectivity index (χ0v) is 12.5. The van der Waals surface area contributed by atoms with Gasteiger partial charge in [-0.25, -0.2) is 0 Å². The van der Waals surface area contributed by atoms with Crippen molar-refractivity contribution in [3.63, 3.8) is 0 Å². The summed E-state index contributed by atoms with van der Waals surface area (Å²) >= 11 is 0. The number of carbonyl (C=O) groups excluding carboxylic acids is 1. The van der Waals surface area contributed by atoms with Gasteiger partial charge in [0, 0.05) is 19.8 Å². The molecule has 1 rings (SSSR count). The van der Waals surface area contributed by atoms with Crippen LogP contribution < -0.4 is 11.1 Å². The first-order valence-electron chi connectivity index (χ1n) is 6.12. The van der Waals surface area contributed by atoms with Gasteiger partial charge in [0.1, 0.15) is 5.54 Å². The second-order valence-corrected chi connectivity index (χ2v) is 4.72. The van der Waals surface area contributed by atoms with Gasteiger partial charge in [0.2, 0.25) is 5.91 Å². The minimum absolute atomic E-state index is 0. The molecule has 1 aromatic rings. The van der Waals surface area contributed by atoms with E-state index in [2.05, 4.69) is 5.32 Å². The zero-order chi connectivity index (χ0) is 13.6. The van der Waals surface area contributed by atoms with Crippen molar-refractivity contribution in [3.05, 3.63) is 35.9 Å². The molecular formula is C14H23ClN2O2. The molecule has 4 nitrogen and oxygen atoms in total. The molecule has 0 saturated heterocycles. The Morgan fingerprint density at radius 1 is 1.42 bits per heavy atom. The van der Waals surface area contributed by atoms with Gasteiger partial charge in [-0.15, -0.1) is 12.4 Å². The fourth-order valence-electron chi connectivity index (χ4n) is 1.66. The van der Waals surface area contributed by atoms with Gasteiger partial charge >= 0.3 is 0 Å². The molecule has 0 saturated carbocycles. The molecule has 1 amide bonds. The van der Waals surface area contributed by atoms with Gasteiger partial charge in [-0.1, -0.05) is 30.3 Å². The molecule has 3 N–H and O–H groups in total. The van der Waals surface area contributed by atoms with E-state index in [1.807, 2.05) is 37.3 Å². The monoisotopic (exact) mass is 286 g/mol. The summed E-state index contributed by atoms with van der Waals surface area (Å²) in [4.78, 5) is 12.2. The van der Waals surface area contributed by atoms with Crippen molar-refractivity contribution in [2.45, 2.75) is 31.8 Å². The molecule has 0 aliphatic carbocycles. The molecule has 0 aromatic heterocycles. The van der Waals surface area contributed by atoms with E-state index in [4.69, 9.17) is 10.5 Å². The van der Waals surface area contributed by atoms with E-state index in [9.17, 15) is 4.79 Å². The van der Waals surface area contributed by atoms with Crippen LogP contribution >= 0.6 is 12.4 Å². The van der Waals surface area contributed by atoms with Crippen molar-refractivity contribution in [2.75, 3.05) is 13.7 Å². The van der Waals surface area contributed by atoms with E-state index in [0.717, 1.165) is 12.0 Å². The Balaban J connectivity index is 0.00000324. The molecule has 19 heavy (non-hydrogen) atoms. The number of benzene rings is 1. The summed E-state index contributed by atoms with van der Waals surface area (Å²) in [5.41, 5.74) is 5.91. The molecule has 0 bridgehead atoms. The van der Waals surface area contributed by atoms with E-state index < -0.39 is 5.54 Å². The maximum absolute atomic E-state index is 12.2. The lowest BCUT2D eigenvalue weighted by Crippen LogP contribution is -2.51. The summed E-state index contributed by atoms with van der Waals surface area (Å²) in [6.45, 7) is 4.28. The lowest BCUT2D eigenvalue weighted by molar-refractivity contribution is -0.126. The molecule has 0 fully saturated rings. The summed E-state index contributed by atoms with van der Waals surface area (Å²) in [7, 11) is 1.64. The molecule has 2 atom stereocenters. The number of methoxy groups -OCH3 is 1. The van der Waals surface area contributed by atoms with Crippen LogP contribution in [0.15, 0.2) is 30.3 Å². The van der Waals surface area contributed by atoms with E-state index in [0.29, 0.717) is 6.61 Å². The van der Waals surface area contributed by atoms with Crippen LogP contribution in [0.2, 0.25) is 0 Å². The second kappa shape index (κ2) is 8.15. The molecule has 0 heterocycles. The van der Waals surface area contributed by atoms with Gasteiger partial charge in [-0.3, -0.25) is 4.79 Å². The van der Waals surface area contributed by atoms with Crippen molar-refractivity contribution in [1.82, 2.24) is 5.32 Å². The highest BCUT2D eigenvalue weighted by Gasteiger charge is 2.30. The number of hydrogen-bond acceptors (Lipinski definition) is 3. The number of nitrogens with two attached hydrogens (primary N) is 1. The first kappa shape index (κ1) is 17.9. The Hall–Kier alpha value is -1.10. The molecule has 1 aromatic carbocycles. The fraction of sp³-hybridized carbons (Fsp3) is 0.500. The zero-order valence-electron chi connectivity index (χ0n) is 11.7. The van der Waals surface area contributed by atoms with Gasteiger partial charge in [0.25, 0.3) is 0 Å². The summed E-state index contributed by atoms with van der Waals surface area (Å²) in [5, 5.41) is 2.91. The van der Waals surface area contributed by atoms with Crippen LogP contribution in [0, 0.1) is 0 Å². The largest absolute Gasteiger partial charge is 0.385 e. The summed E-state index contributed by atoms with van der Waals surface area (Å²) in [6.07, 6.45) is 0.771. The third-order valence-corrected chi connectivity index (χ3v) is 2.98. The summed E-state index contributed by atoms with van der Waals surface area (Å²) in [5.74, 6) is -0.169. The Morgan fingerprint density at radius 3 is 2.53 bits per heavy atom. The van der Waals surface area contributed by atoms with E-state index in [1.54, 1.807) is 14.0 Å². The Bertz CT molecular complexity index is 382. The SMILES string of the molecule is COCCC(C)NC(=O)C(C)(N)c1ccccc1.Cl. The van der Waals surface area contributed by atoms with Crippen LogP contribution in [0.4, 0.5) is 0 Å². The van der Waals surface area contributed by atoms with Crippen LogP contribution in [0.3, 0.4) is 0 Å². The van der Waals surface area contributed by atoms with Gasteiger partial charge in [-0.2, -0.15) is 0 Å². The van der Waals surface area contributed by atoms with Crippen LogP contribution in [0.1, 0.15) is 25.8 Å². The average molecular weight is 287 g/mol. The quantitative estimate of drug-likeness (QED) is 0.838. The van der Waals surface area contributed by atoms with Crippen LogP contribution in [0.25, 0.3) is 0 Å². The third-order valence-electron chi connectivity index (χ3n) is 2.98. The van der Waals surface area contributed by atoms with E-state index >= 15 is 0 Å². The third kappa shape index (κ3) is 5.19. The highest BCUT2D eigenvalue weighted by molar-refractivity contribution is 5.87. The smallest absolute Gasteiger partial charge is 0.244 e. The van der Waals surface area contributed by atoms with Crippen LogP contribution in [-0.4, -0.2) is 25.7 Å². The van der Waals surface area contributed by atoms with E-state index in [1.165, 1.54) is 0 Å². The molecule has 5 heteroatoms. The molecule has 0 spiro atoms. The highest BCUT2D eigenvalue weighted by atomic mass is 35.5. The number of carbonyl (C=O) groups is 1. The molecule has 2 unspecified atom stereocenters. The number of ether oxygens (including phenoxy) is 1. The first-order valence-corrected chi connectivity index (χ1v) is 6.12. The van der Waals surface area contributed by atoms with Crippen molar-refractivity contribution < 1.29 is 9.53 Å². The first-order chi connectivity index (χ1) is 8.48. The van der Waals surface area contributed by atoms with Crippen molar-refractivity contribution in [2.24, 2.45) is 5.73 Å². The Kier molecular flexibility index (Phi) is 7.68. The van der Waals surface area contributed by atoms with Crippen LogP contribution in [-0.2, 0) is 15.1 Å². The molecule has 0 aliphatic rings. The van der Waals surface area contributed by atoms with Gasteiger partial charge in [0.15, 0.2) is 0 Å². The van der Waals surface area contributed by atoms with Gasteiger partial charge in [-0.05, 0) is 25.8 Å². The van der Waals surface area contributed by atoms with Crippen molar-refractivity contribution in [1.29, 1.82) is 0 Å². The number of hydrogen-bond donors (Lipinski definition) is 2. The van der Waals surface area contributed by atoms with Crippen molar-refractivity contribution in [3.8, 4) is 0 Å². The van der Waals surface area contributed by atoms with Gasteiger partial charge < -0.3 is 15.8 Å². The standard InChI is InChI=1S/C14H22N2O2.ClH/c1-11(9-10-18-3)16-13(17)14(2,15)12-7-5-4-6-8-12;/h4-8,11H,9-10,15H2,1-3H3,(H,16,17);1H. The maximum atomic E-state index is 12.2. The fourth-order valence-corrected chi connectivity index (χ4v) is 1.66. The molecule has 0 aliphatic heterocycles. The van der Waals surface area contributed by atoms with Crippen molar-refractivity contribution >= 4 is 18.3 Å². The normalized spacial score (nSPS) is 14.9. The van der Waals surface area contributed by atoms with Gasteiger partial charge in [0.05, 0.1) is 0 Å². The average Bonchev–Trinajstić information content (AvgIpc) is 2.37. The highest BCUT2D eigenvalue weighted by Crippen LogP contribution is 2.17. The molecular weight excluding hydrogens is 264 g/mol. The van der Waals surface area contributed by atoms with E-state index in [-0.39, 0.29) is 24.4 Å². The second-order valence-electron chi connectivity index (χ2n) is 4.72. The maximum Gasteiger partial charge on any atom is 0.244 e. The number of halogens is 1. The number of rotatable bonds is 6. The Morgan fingerprint density at radius 2 is 2.00 bits per heavy atom. The topological polar surface area (TPSA) is 64.3 Å².